The molecule has 0 radical (unpaired) electrons. The highest BCUT2D eigenvalue weighted by Crippen LogP contribution is 2.38. The Morgan fingerprint density at radius 2 is 1.73 bits per heavy atom. The maximum absolute atomic E-state index is 12.1. The van der Waals surface area contributed by atoms with Gasteiger partial charge in [0.05, 0.1) is 34.5 Å². The van der Waals surface area contributed by atoms with Crippen molar-refractivity contribution in [1.29, 1.82) is 0 Å². The second kappa shape index (κ2) is 12.4. The van der Waals surface area contributed by atoms with E-state index in [1.54, 1.807) is 19.1 Å². The molecule has 14 heteroatoms. The molecule has 0 bridgehead atoms. The standard InChI is InChI=1S/C23H22N6O7S/c1-4-35-21-10-16(12-24-27-22(30)13-37-23-25-14(2)9-15(3)26-23)5-7-20(21)36-19-8-6-17(28(31)32)11-18(19)29(33)34/h5-12H,4,13H2,1-3H3,(H,27,30)/b24-12-. The lowest BCUT2D eigenvalue weighted by Gasteiger charge is -2.12. The number of rotatable bonds is 11. The van der Waals surface area contributed by atoms with Crippen LogP contribution in [0.25, 0.3) is 0 Å². The predicted molar refractivity (Wildman–Crippen MR) is 135 cm³/mol. The SMILES string of the molecule is CCOc1cc(/C=N\NC(=O)CSc2nc(C)cc(C)n2)ccc1Oc1ccc([N+](=O)[O-])cc1[N+](=O)[O-]. The van der Waals surface area contributed by atoms with Gasteiger partial charge in [-0.3, -0.25) is 25.0 Å². The van der Waals surface area contributed by atoms with Gasteiger partial charge in [-0.2, -0.15) is 5.10 Å². The molecule has 3 aromatic rings. The van der Waals surface area contributed by atoms with Crippen LogP contribution in [0.5, 0.6) is 17.2 Å². The number of carbonyl (C=O) groups excluding carboxylic acids is 1. The largest absolute Gasteiger partial charge is 0.490 e. The molecule has 0 fully saturated rings. The molecular weight excluding hydrogens is 504 g/mol. The molecule has 0 atom stereocenters. The first-order valence-electron chi connectivity index (χ1n) is 10.8. The van der Waals surface area contributed by atoms with Crippen molar-refractivity contribution in [1.82, 2.24) is 15.4 Å². The summed E-state index contributed by atoms with van der Waals surface area (Å²) in [5.74, 6) is -0.0432. The van der Waals surface area contributed by atoms with E-state index in [0.717, 1.165) is 29.6 Å². The number of aromatic nitrogens is 2. The van der Waals surface area contributed by atoms with E-state index in [2.05, 4.69) is 20.5 Å². The van der Waals surface area contributed by atoms with Crippen molar-refractivity contribution in [3.8, 4) is 17.2 Å². The normalized spacial score (nSPS) is 10.8. The van der Waals surface area contributed by atoms with Gasteiger partial charge < -0.3 is 9.47 Å². The molecule has 1 N–H and O–H groups in total. The number of nitrogens with zero attached hydrogens (tertiary/aromatic N) is 5. The highest BCUT2D eigenvalue weighted by molar-refractivity contribution is 7.99. The Balaban J connectivity index is 1.69. The van der Waals surface area contributed by atoms with Crippen LogP contribution in [-0.4, -0.2) is 44.3 Å². The number of thioether (sulfide) groups is 1. The van der Waals surface area contributed by atoms with E-state index in [9.17, 15) is 25.0 Å². The molecule has 1 heterocycles. The summed E-state index contributed by atoms with van der Waals surface area (Å²) in [4.78, 5) is 41.5. The minimum absolute atomic E-state index is 0.0746. The van der Waals surface area contributed by atoms with Gasteiger partial charge in [-0.05, 0) is 56.7 Å². The number of benzene rings is 2. The van der Waals surface area contributed by atoms with Crippen LogP contribution in [0.1, 0.15) is 23.9 Å². The zero-order valence-corrected chi connectivity index (χ0v) is 20.9. The molecular formula is C23H22N6O7S. The topological polar surface area (TPSA) is 172 Å². The average molecular weight is 527 g/mol. The summed E-state index contributed by atoms with van der Waals surface area (Å²) in [5, 5.41) is 26.8. The van der Waals surface area contributed by atoms with Gasteiger partial charge in [0.25, 0.3) is 11.6 Å². The second-order valence-electron chi connectivity index (χ2n) is 7.42. The first-order chi connectivity index (χ1) is 17.7. The maximum Gasteiger partial charge on any atom is 0.318 e. The molecule has 0 saturated heterocycles. The third-order valence-corrected chi connectivity index (χ3v) is 5.38. The Kier molecular flexibility index (Phi) is 9.05. The summed E-state index contributed by atoms with van der Waals surface area (Å²) in [5.41, 5.74) is 3.61. The molecule has 1 aromatic heterocycles. The number of nitro groups is 2. The van der Waals surface area contributed by atoms with Gasteiger partial charge in [0, 0.05) is 17.5 Å². The number of hydrogen-bond acceptors (Lipinski definition) is 11. The molecule has 0 spiro atoms. The lowest BCUT2D eigenvalue weighted by Crippen LogP contribution is -2.19. The van der Waals surface area contributed by atoms with E-state index >= 15 is 0 Å². The lowest BCUT2D eigenvalue weighted by molar-refractivity contribution is -0.394. The fourth-order valence-corrected chi connectivity index (χ4v) is 3.77. The summed E-state index contributed by atoms with van der Waals surface area (Å²) < 4.78 is 11.2. The molecule has 0 unspecified atom stereocenters. The molecule has 0 aliphatic rings. The summed E-state index contributed by atoms with van der Waals surface area (Å²) in [6, 6.07) is 9.60. The minimum Gasteiger partial charge on any atom is -0.490 e. The highest BCUT2D eigenvalue weighted by Gasteiger charge is 2.22. The van der Waals surface area contributed by atoms with E-state index in [1.807, 2.05) is 19.9 Å². The van der Waals surface area contributed by atoms with Gasteiger partial charge >= 0.3 is 5.69 Å². The van der Waals surface area contributed by atoms with Gasteiger partial charge in [-0.25, -0.2) is 15.4 Å². The molecule has 2 aromatic carbocycles. The van der Waals surface area contributed by atoms with Gasteiger partial charge in [0.2, 0.25) is 5.75 Å². The molecule has 13 nitrogen and oxygen atoms in total. The first-order valence-corrected chi connectivity index (χ1v) is 11.8. The summed E-state index contributed by atoms with van der Waals surface area (Å²) in [7, 11) is 0. The van der Waals surface area contributed by atoms with Crippen LogP contribution in [0.2, 0.25) is 0 Å². The van der Waals surface area contributed by atoms with Crippen LogP contribution < -0.4 is 14.9 Å². The van der Waals surface area contributed by atoms with E-state index < -0.39 is 21.2 Å². The molecule has 37 heavy (non-hydrogen) atoms. The van der Waals surface area contributed by atoms with Crippen LogP contribution in [0.4, 0.5) is 11.4 Å². The van der Waals surface area contributed by atoms with E-state index in [0.29, 0.717) is 10.7 Å². The Morgan fingerprint density at radius 1 is 1.03 bits per heavy atom. The van der Waals surface area contributed by atoms with E-state index in [1.165, 1.54) is 24.0 Å². The summed E-state index contributed by atoms with van der Waals surface area (Å²) in [6.07, 6.45) is 1.40. The number of nitrogens with one attached hydrogen (secondary N) is 1. The van der Waals surface area contributed by atoms with Crippen LogP contribution in [-0.2, 0) is 4.79 Å². The number of ether oxygens (including phenoxy) is 2. The van der Waals surface area contributed by atoms with Crippen LogP contribution in [0.15, 0.2) is 52.7 Å². The average Bonchev–Trinajstić information content (AvgIpc) is 2.84. The number of amides is 1. The number of aryl methyl sites for hydroxylation is 2. The Bertz CT molecular complexity index is 1350. The van der Waals surface area contributed by atoms with Crippen molar-refractivity contribution in [2.24, 2.45) is 5.10 Å². The highest BCUT2D eigenvalue weighted by atomic mass is 32.2. The Labute approximate surface area is 215 Å². The zero-order valence-electron chi connectivity index (χ0n) is 20.0. The van der Waals surface area contributed by atoms with Crippen LogP contribution >= 0.6 is 11.8 Å². The lowest BCUT2D eigenvalue weighted by atomic mass is 10.2. The van der Waals surface area contributed by atoms with Gasteiger partial charge in [0.1, 0.15) is 0 Å². The molecule has 192 valence electrons. The summed E-state index contributed by atoms with van der Waals surface area (Å²) >= 11 is 1.19. The number of hydrogen-bond donors (Lipinski definition) is 1. The van der Waals surface area contributed by atoms with Crippen molar-refractivity contribution < 1.29 is 24.1 Å². The molecule has 3 rings (SSSR count). The maximum atomic E-state index is 12.1. The third kappa shape index (κ3) is 7.70. The van der Waals surface area contributed by atoms with Crippen molar-refractivity contribution in [2.45, 2.75) is 25.9 Å². The molecule has 0 saturated carbocycles. The molecule has 0 aliphatic carbocycles. The van der Waals surface area contributed by atoms with Crippen molar-refractivity contribution in [3.63, 3.8) is 0 Å². The summed E-state index contributed by atoms with van der Waals surface area (Å²) in [6.45, 7) is 5.72. The van der Waals surface area contributed by atoms with Crippen molar-refractivity contribution in [2.75, 3.05) is 12.4 Å². The number of hydrazone groups is 1. The number of nitro benzene ring substituents is 2. The Hall–Kier alpha value is -4.59. The Morgan fingerprint density at radius 3 is 2.38 bits per heavy atom. The fraction of sp³-hybridized carbons (Fsp3) is 0.217. The van der Waals surface area contributed by atoms with Gasteiger partial charge in [0.15, 0.2) is 16.7 Å². The zero-order chi connectivity index (χ0) is 26.9. The third-order valence-electron chi connectivity index (χ3n) is 4.53. The first kappa shape index (κ1) is 27.0. The quantitative estimate of drug-likeness (QED) is 0.124. The van der Waals surface area contributed by atoms with Gasteiger partial charge in [-0.15, -0.1) is 0 Å². The van der Waals surface area contributed by atoms with Crippen molar-refractivity contribution >= 4 is 35.3 Å². The molecule has 1 amide bonds. The predicted octanol–water partition coefficient (Wildman–Crippen LogP) is 4.34. The van der Waals surface area contributed by atoms with Gasteiger partial charge in [-0.1, -0.05) is 11.8 Å². The number of carbonyl (C=O) groups is 1. The fourth-order valence-electron chi connectivity index (χ4n) is 3.02. The van der Waals surface area contributed by atoms with Crippen LogP contribution in [0.3, 0.4) is 0 Å². The van der Waals surface area contributed by atoms with Crippen LogP contribution in [0, 0.1) is 34.1 Å². The number of non-ortho nitro benzene ring substituents is 1. The smallest absolute Gasteiger partial charge is 0.318 e. The van der Waals surface area contributed by atoms with E-state index in [4.69, 9.17) is 9.47 Å². The van der Waals surface area contributed by atoms with Crippen molar-refractivity contribution in [3.05, 3.63) is 79.6 Å². The molecule has 0 aliphatic heterocycles. The monoisotopic (exact) mass is 526 g/mol. The second-order valence-corrected chi connectivity index (χ2v) is 8.37. The van der Waals surface area contributed by atoms with E-state index in [-0.39, 0.29) is 35.5 Å². The minimum atomic E-state index is -0.767.